The molecule has 5 heteroatoms. The lowest BCUT2D eigenvalue weighted by Crippen LogP contribution is -2.36. The van der Waals surface area contributed by atoms with Crippen molar-refractivity contribution in [3.63, 3.8) is 0 Å². The highest BCUT2D eigenvalue weighted by Gasteiger charge is 2.34. The summed E-state index contributed by atoms with van der Waals surface area (Å²) in [4.78, 5) is 13.8. The molecule has 1 atom stereocenters. The second-order valence-electron chi connectivity index (χ2n) is 8.49. The molecular weight excluding hydrogens is 352 g/mol. The van der Waals surface area contributed by atoms with E-state index in [1.54, 1.807) is 6.07 Å². The maximum absolute atomic E-state index is 11.4. The lowest BCUT2D eigenvalue weighted by Gasteiger charge is -2.40. The first-order valence-corrected chi connectivity index (χ1v) is 9.93. The monoisotopic (exact) mass is 380 g/mol. The van der Waals surface area contributed by atoms with Crippen molar-refractivity contribution < 1.29 is 14.6 Å². The summed E-state index contributed by atoms with van der Waals surface area (Å²) >= 11 is 0. The molecule has 0 aliphatic carbocycles. The summed E-state index contributed by atoms with van der Waals surface area (Å²) in [7, 11) is 0. The number of ether oxygens (including phenoxy) is 1. The first-order valence-electron chi connectivity index (χ1n) is 9.93. The van der Waals surface area contributed by atoms with Crippen LogP contribution in [0.4, 0.5) is 11.4 Å². The van der Waals surface area contributed by atoms with Gasteiger partial charge < -0.3 is 20.1 Å². The number of nitrogens with one attached hydrogen (secondary N) is 1. The van der Waals surface area contributed by atoms with Crippen LogP contribution in [-0.2, 0) is 10.2 Å². The van der Waals surface area contributed by atoms with Crippen LogP contribution in [0.2, 0.25) is 0 Å². The lowest BCUT2D eigenvalue weighted by atomic mass is 9.73. The van der Waals surface area contributed by atoms with E-state index in [0.29, 0.717) is 5.56 Å². The lowest BCUT2D eigenvalue weighted by molar-refractivity contribution is 0.0696. The fourth-order valence-corrected chi connectivity index (χ4v) is 4.43. The SMILES string of the molecule is Cc1ccc(N2CCOCC2)cc1C1CC(C)(C)c2cc(C(=O)O)ccc2N1. The van der Waals surface area contributed by atoms with Crippen LogP contribution >= 0.6 is 0 Å². The molecule has 2 aliphatic heterocycles. The summed E-state index contributed by atoms with van der Waals surface area (Å²) in [6.07, 6.45) is 0.913. The Morgan fingerprint density at radius 1 is 1.18 bits per heavy atom. The zero-order valence-electron chi connectivity index (χ0n) is 16.8. The average Bonchev–Trinajstić information content (AvgIpc) is 2.68. The Bertz CT molecular complexity index is 901. The molecule has 1 saturated heterocycles. The van der Waals surface area contributed by atoms with Gasteiger partial charge in [0.1, 0.15) is 0 Å². The van der Waals surface area contributed by atoms with E-state index >= 15 is 0 Å². The zero-order valence-corrected chi connectivity index (χ0v) is 16.8. The van der Waals surface area contributed by atoms with Crippen LogP contribution in [0.15, 0.2) is 36.4 Å². The summed E-state index contributed by atoms with van der Waals surface area (Å²) in [6, 6.07) is 12.3. The van der Waals surface area contributed by atoms with Gasteiger partial charge in [-0.25, -0.2) is 4.79 Å². The average molecular weight is 380 g/mol. The van der Waals surface area contributed by atoms with E-state index < -0.39 is 5.97 Å². The molecule has 2 aromatic carbocycles. The molecule has 2 aliphatic rings. The van der Waals surface area contributed by atoms with Gasteiger partial charge in [-0.2, -0.15) is 0 Å². The number of aryl methyl sites for hydroxylation is 1. The minimum absolute atomic E-state index is 0.113. The van der Waals surface area contributed by atoms with Crippen LogP contribution in [0.3, 0.4) is 0 Å². The van der Waals surface area contributed by atoms with Crippen molar-refractivity contribution in [2.45, 2.75) is 38.6 Å². The molecule has 2 aromatic rings. The molecule has 0 aromatic heterocycles. The predicted molar refractivity (Wildman–Crippen MR) is 112 cm³/mol. The van der Waals surface area contributed by atoms with Crippen LogP contribution < -0.4 is 10.2 Å². The number of fused-ring (bicyclic) bond motifs is 1. The van der Waals surface area contributed by atoms with Gasteiger partial charge in [0.05, 0.1) is 24.8 Å². The van der Waals surface area contributed by atoms with E-state index in [-0.39, 0.29) is 11.5 Å². The third-order valence-corrected chi connectivity index (χ3v) is 6.05. The fraction of sp³-hybridized carbons (Fsp3) is 0.435. The largest absolute Gasteiger partial charge is 0.478 e. The summed E-state index contributed by atoms with van der Waals surface area (Å²) in [5.74, 6) is -0.880. The first kappa shape index (κ1) is 18.8. The minimum Gasteiger partial charge on any atom is -0.478 e. The molecule has 0 bridgehead atoms. The smallest absolute Gasteiger partial charge is 0.335 e. The van der Waals surface area contributed by atoms with Gasteiger partial charge in [0.2, 0.25) is 0 Å². The topological polar surface area (TPSA) is 61.8 Å². The Labute approximate surface area is 166 Å². The van der Waals surface area contributed by atoms with Gasteiger partial charge in [-0.1, -0.05) is 19.9 Å². The summed E-state index contributed by atoms with van der Waals surface area (Å²) in [5, 5.41) is 13.0. The number of nitrogens with zero attached hydrogens (tertiary/aromatic N) is 1. The Morgan fingerprint density at radius 3 is 2.64 bits per heavy atom. The van der Waals surface area contributed by atoms with E-state index in [1.807, 2.05) is 12.1 Å². The van der Waals surface area contributed by atoms with Crippen molar-refractivity contribution in [3.8, 4) is 0 Å². The van der Waals surface area contributed by atoms with Gasteiger partial charge in [0, 0.05) is 24.5 Å². The molecule has 0 saturated carbocycles. The number of morpholine rings is 1. The molecule has 1 fully saturated rings. The van der Waals surface area contributed by atoms with Gasteiger partial charge in [-0.15, -0.1) is 0 Å². The molecule has 4 rings (SSSR count). The Morgan fingerprint density at radius 2 is 1.93 bits per heavy atom. The van der Waals surface area contributed by atoms with Crippen molar-refractivity contribution in [2.75, 3.05) is 36.5 Å². The van der Waals surface area contributed by atoms with Gasteiger partial charge in [0.15, 0.2) is 0 Å². The number of rotatable bonds is 3. The molecule has 0 amide bonds. The number of hydrogen-bond donors (Lipinski definition) is 2. The van der Waals surface area contributed by atoms with Crippen LogP contribution in [-0.4, -0.2) is 37.4 Å². The Hall–Kier alpha value is -2.53. The molecule has 28 heavy (non-hydrogen) atoms. The number of hydrogen-bond acceptors (Lipinski definition) is 4. The molecule has 148 valence electrons. The van der Waals surface area contributed by atoms with E-state index in [1.165, 1.54) is 16.8 Å². The highest BCUT2D eigenvalue weighted by molar-refractivity contribution is 5.89. The summed E-state index contributed by atoms with van der Waals surface area (Å²) in [6.45, 7) is 9.96. The third kappa shape index (κ3) is 3.47. The Balaban J connectivity index is 1.68. The van der Waals surface area contributed by atoms with E-state index in [2.05, 4.69) is 49.2 Å². The number of aromatic carboxylic acids is 1. The van der Waals surface area contributed by atoms with Crippen molar-refractivity contribution in [2.24, 2.45) is 0 Å². The third-order valence-electron chi connectivity index (χ3n) is 6.05. The van der Waals surface area contributed by atoms with Crippen molar-refractivity contribution in [1.29, 1.82) is 0 Å². The van der Waals surface area contributed by atoms with E-state index in [4.69, 9.17) is 4.74 Å². The second kappa shape index (κ2) is 7.13. The number of carbonyl (C=O) groups is 1. The molecule has 1 unspecified atom stereocenters. The fourth-order valence-electron chi connectivity index (χ4n) is 4.43. The standard InChI is InChI=1S/C23H28N2O3/c1-15-4-6-17(25-8-10-28-11-9-25)13-18(15)21-14-23(2,3)19-12-16(22(26)27)5-7-20(19)24-21/h4-7,12-13,21,24H,8-11,14H2,1-3H3,(H,26,27). The Kier molecular flexibility index (Phi) is 4.79. The molecular formula is C23H28N2O3. The number of benzene rings is 2. The van der Waals surface area contributed by atoms with Gasteiger partial charge in [-0.05, 0) is 65.8 Å². The van der Waals surface area contributed by atoms with Crippen LogP contribution in [0.25, 0.3) is 0 Å². The second-order valence-corrected chi connectivity index (χ2v) is 8.49. The van der Waals surface area contributed by atoms with Crippen molar-refractivity contribution in [1.82, 2.24) is 0 Å². The summed E-state index contributed by atoms with van der Waals surface area (Å²) < 4.78 is 5.49. The number of carboxylic acids is 1. The van der Waals surface area contributed by atoms with E-state index in [0.717, 1.165) is 44.0 Å². The highest BCUT2D eigenvalue weighted by Crippen LogP contribution is 2.45. The molecule has 2 N–H and O–H groups in total. The van der Waals surface area contributed by atoms with Gasteiger partial charge in [-0.3, -0.25) is 0 Å². The van der Waals surface area contributed by atoms with Gasteiger partial charge in [0.25, 0.3) is 0 Å². The highest BCUT2D eigenvalue weighted by atomic mass is 16.5. The summed E-state index contributed by atoms with van der Waals surface area (Å²) in [5.41, 5.74) is 6.17. The molecule has 5 nitrogen and oxygen atoms in total. The van der Waals surface area contributed by atoms with Crippen LogP contribution in [0.5, 0.6) is 0 Å². The van der Waals surface area contributed by atoms with Crippen molar-refractivity contribution in [3.05, 3.63) is 58.7 Å². The van der Waals surface area contributed by atoms with E-state index in [9.17, 15) is 9.90 Å². The predicted octanol–water partition coefficient (Wildman–Crippen LogP) is 4.36. The first-order chi connectivity index (χ1) is 13.3. The van der Waals surface area contributed by atoms with Crippen LogP contribution in [0, 0.1) is 6.92 Å². The zero-order chi connectivity index (χ0) is 19.9. The number of anilines is 2. The number of carboxylic acid groups (broad SMARTS) is 1. The maximum atomic E-state index is 11.4. The normalized spacial score (nSPS) is 21.0. The van der Waals surface area contributed by atoms with Crippen molar-refractivity contribution >= 4 is 17.3 Å². The molecule has 0 radical (unpaired) electrons. The van der Waals surface area contributed by atoms with Gasteiger partial charge >= 0.3 is 5.97 Å². The maximum Gasteiger partial charge on any atom is 0.335 e. The van der Waals surface area contributed by atoms with Crippen LogP contribution in [0.1, 0.15) is 53.4 Å². The minimum atomic E-state index is -0.880. The molecule has 0 spiro atoms. The molecule has 2 heterocycles. The quantitative estimate of drug-likeness (QED) is 0.828.